The van der Waals surface area contributed by atoms with E-state index in [1.165, 1.54) is 18.2 Å². The van der Waals surface area contributed by atoms with Crippen LogP contribution in [-0.4, -0.2) is 81.0 Å². The van der Waals surface area contributed by atoms with E-state index in [1.54, 1.807) is 24.3 Å². The summed E-state index contributed by atoms with van der Waals surface area (Å²) >= 11 is 0. The number of carboxylic acids is 1. The van der Waals surface area contributed by atoms with Gasteiger partial charge in [0.25, 0.3) is 0 Å². The number of hydrogen-bond donors (Lipinski definition) is 9. The molecule has 0 saturated heterocycles. The Labute approximate surface area is 217 Å². The molecule has 0 spiro atoms. The SMILES string of the molecule is NC(N)=NC[C@H](O)[C@H](O)[C@@H]1NC(=O)[C@@H](N)Cc2ccc(O)c(c2)Oc2ccc(cc2)C[C@@H](C(=O)O)NC1=O. The molecule has 2 aliphatic rings. The Morgan fingerprint density at radius 2 is 1.68 bits per heavy atom. The first-order chi connectivity index (χ1) is 17.9. The Balaban J connectivity index is 1.99. The molecule has 0 radical (unpaired) electrons. The second-order valence-electron chi connectivity index (χ2n) is 8.77. The average molecular weight is 531 g/mol. The van der Waals surface area contributed by atoms with Crippen molar-refractivity contribution < 1.29 is 39.5 Å². The zero-order chi connectivity index (χ0) is 28.0. The average Bonchev–Trinajstić information content (AvgIpc) is 2.87. The molecule has 0 fully saturated rings. The first-order valence-corrected chi connectivity index (χ1v) is 11.5. The van der Waals surface area contributed by atoms with Crippen LogP contribution in [-0.2, 0) is 27.2 Å². The van der Waals surface area contributed by atoms with Gasteiger partial charge < -0.3 is 53.0 Å². The molecule has 12 N–H and O–H groups in total. The molecule has 38 heavy (non-hydrogen) atoms. The number of aliphatic carboxylic acids is 1. The van der Waals surface area contributed by atoms with Crippen LogP contribution in [0, 0.1) is 0 Å². The molecule has 2 heterocycles. The third-order valence-corrected chi connectivity index (χ3v) is 5.80. The predicted molar refractivity (Wildman–Crippen MR) is 134 cm³/mol. The summed E-state index contributed by atoms with van der Waals surface area (Å²) < 4.78 is 5.73. The number of nitrogens with zero attached hydrogens (tertiary/aromatic N) is 1. The Morgan fingerprint density at radius 1 is 1.03 bits per heavy atom. The number of carboxylic acid groups (broad SMARTS) is 1. The molecule has 2 amide bonds. The van der Waals surface area contributed by atoms with Crippen molar-refractivity contribution >= 4 is 23.7 Å². The standard InChI is InChI=1S/C24H30N6O8/c25-14-7-12-3-6-16(31)18(9-12)38-13-4-1-11(2-5-13)8-15(23(36)37)29-22(35)19(30-21(14)34)20(33)17(32)10-28-24(26)27/h1-6,9,14-15,17,19-20,31-33H,7-8,10,25H2,(H,29,35)(H,30,34)(H,36,37)(H4,26,27,28)/t14-,15-,17-,19-,20-/m0/s1. The molecule has 2 aliphatic heterocycles. The van der Waals surface area contributed by atoms with Crippen molar-refractivity contribution in [2.75, 3.05) is 6.54 Å². The number of phenols is 1. The predicted octanol–water partition coefficient (Wildman–Crippen LogP) is -2.34. The summed E-state index contributed by atoms with van der Waals surface area (Å²) in [5.41, 5.74) is 17.6. The van der Waals surface area contributed by atoms with Crippen LogP contribution in [0.2, 0.25) is 0 Å². The van der Waals surface area contributed by atoms with Gasteiger partial charge in [-0.15, -0.1) is 0 Å². The van der Waals surface area contributed by atoms with E-state index >= 15 is 0 Å². The maximum Gasteiger partial charge on any atom is 0.326 e. The van der Waals surface area contributed by atoms with Gasteiger partial charge in [0.15, 0.2) is 17.5 Å². The molecule has 14 heteroatoms. The molecule has 4 rings (SSSR count). The lowest BCUT2D eigenvalue weighted by molar-refractivity contribution is -0.143. The molecule has 0 aliphatic carbocycles. The van der Waals surface area contributed by atoms with E-state index in [1.807, 2.05) is 0 Å². The third-order valence-electron chi connectivity index (χ3n) is 5.80. The fraction of sp³-hybridized carbons (Fsp3) is 0.333. The van der Waals surface area contributed by atoms with Gasteiger partial charge >= 0.3 is 5.97 Å². The number of nitrogens with one attached hydrogen (secondary N) is 2. The zero-order valence-electron chi connectivity index (χ0n) is 20.2. The van der Waals surface area contributed by atoms with E-state index in [0.717, 1.165) is 0 Å². The number of benzene rings is 2. The molecule has 0 unspecified atom stereocenters. The first kappa shape index (κ1) is 28.2. The second-order valence-corrected chi connectivity index (χ2v) is 8.77. The van der Waals surface area contributed by atoms with Crippen molar-refractivity contribution in [3.05, 3.63) is 53.6 Å². The lowest BCUT2D eigenvalue weighted by Gasteiger charge is -2.28. The molecule has 2 aromatic rings. The number of amides is 2. The van der Waals surface area contributed by atoms with Crippen LogP contribution >= 0.6 is 0 Å². The van der Waals surface area contributed by atoms with E-state index < -0.39 is 54.7 Å². The van der Waals surface area contributed by atoms with Crippen molar-refractivity contribution in [1.82, 2.24) is 10.6 Å². The number of aliphatic hydroxyl groups is 2. The van der Waals surface area contributed by atoms with Crippen LogP contribution in [0.1, 0.15) is 11.1 Å². The van der Waals surface area contributed by atoms with Gasteiger partial charge in [0.1, 0.15) is 30.0 Å². The van der Waals surface area contributed by atoms with Crippen LogP contribution in [0.3, 0.4) is 0 Å². The van der Waals surface area contributed by atoms with Gasteiger partial charge in [-0.3, -0.25) is 14.6 Å². The summed E-state index contributed by atoms with van der Waals surface area (Å²) in [6, 6.07) is 6.17. The van der Waals surface area contributed by atoms with Gasteiger partial charge in [0.2, 0.25) is 11.8 Å². The summed E-state index contributed by atoms with van der Waals surface area (Å²) in [6.45, 7) is -0.500. The topological polar surface area (TPSA) is 256 Å². The number of carbonyl (C=O) groups is 3. The van der Waals surface area contributed by atoms with E-state index in [9.17, 15) is 34.8 Å². The minimum atomic E-state index is -1.93. The van der Waals surface area contributed by atoms with Gasteiger partial charge in [-0.1, -0.05) is 18.2 Å². The summed E-state index contributed by atoms with van der Waals surface area (Å²) in [5, 5.41) is 45.5. The van der Waals surface area contributed by atoms with Gasteiger partial charge in [-0.25, -0.2) is 4.79 Å². The lowest BCUT2D eigenvalue weighted by atomic mass is 10.0. The highest BCUT2D eigenvalue weighted by atomic mass is 16.5. The molecule has 204 valence electrons. The number of aromatic hydroxyl groups is 1. The Bertz CT molecular complexity index is 1200. The van der Waals surface area contributed by atoms with Crippen molar-refractivity contribution in [1.29, 1.82) is 0 Å². The molecular formula is C24H30N6O8. The summed E-state index contributed by atoms with van der Waals surface area (Å²) in [5.74, 6) is -3.43. The largest absolute Gasteiger partial charge is 0.504 e. The first-order valence-electron chi connectivity index (χ1n) is 11.5. The lowest BCUT2D eigenvalue weighted by Crippen LogP contribution is -2.61. The molecule has 0 aromatic heterocycles. The number of aliphatic hydroxyl groups excluding tert-OH is 2. The Morgan fingerprint density at radius 3 is 2.32 bits per heavy atom. The number of rotatable bonds is 5. The van der Waals surface area contributed by atoms with E-state index in [2.05, 4.69) is 15.6 Å². The highest BCUT2D eigenvalue weighted by molar-refractivity contribution is 5.92. The smallest absolute Gasteiger partial charge is 0.326 e. The van der Waals surface area contributed by atoms with Crippen molar-refractivity contribution in [3.8, 4) is 17.2 Å². The van der Waals surface area contributed by atoms with Gasteiger partial charge in [0.05, 0.1) is 12.6 Å². The second kappa shape index (κ2) is 12.2. The number of ether oxygens (including phenoxy) is 1. The molecular weight excluding hydrogens is 500 g/mol. The highest BCUT2D eigenvalue weighted by Gasteiger charge is 2.36. The van der Waals surface area contributed by atoms with Crippen LogP contribution in [0.15, 0.2) is 47.5 Å². The summed E-state index contributed by atoms with van der Waals surface area (Å²) in [6.07, 6.45) is -3.85. The Kier molecular flexibility index (Phi) is 9.07. The number of carbonyl (C=O) groups excluding carboxylic acids is 2. The molecule has 4 bridgehead atoms. The van der Waals surface area contributed by atoms with Gasteiger partial charge in [0, 0.05) is 6.42 Å². The molecule has 14 nitrogen and oxygen atoms in total. The number of guanidine groups is 1. The zero-order valence-corrected chi connectivity index (χ0v) is 20.2. The van der Waals surface area contributed by atoms with Crippen molar-refractivity contribution in [3.63, 3.8) is 0 Å². The molecule has 0 saturated carbocycles. The van der Waals surface area contributed by atoms with Gasteiger partial charge in [-0.05, 0) is 41.8 Å². The maximum atomic E-state index is 13.1. The number of fused-ring (bicyclic) bond motifs is 10. The summed E-state index contributed by atoms with van der Waals surface area (Å²) in [4.78, 5) is 41.5. The minimum absolute atomic E-state index is 0.0554. The quantitative estimate of drug-likeness (QED) is 0.146. The van der Waals surface area contributed by atoms with E-state index in [0.29, 0.717) is 16.9 Å². The number of hydrogen-bond acceptors (Lipinski definition) is 9. The third kappa shape index (κ3) is 7.32. The van der Waals surface area contributed by atoms with E-state index in [4.69, 9.17) is 21.9 Å². The number of nitrogens with two attached hydrogens (primary N) is 3. The van der Waals surface area contributed by atoms with Crippen LogP contribution in [0.5, 0.6) is 17.2 Å². The van der Waals surface area contributed by atoms with Crippen LogP contribution in [0.4, 0.5) is 0 Å². The fourth-order valence-corrected chi connectivity index (χ4v) is 3.73. The molecule has 2 aromatic carbocycles. The van der Waals surface area contributed by atoms with E-state index in [-0.39, 0.29) is 30.3 Å². The normalized spacial score (nSPS) is 21.7. The molecule has 5 atom stereocenters. The monoisotopic (exact) mass is 530 g/mol. The Hall–Kier alpha value is -4.40. The van der Waals surface area contributed by atoms with Crippen molar-refractivity contribution in [2.45, 2.75) is 43.2 Å². The van der Waals surface area contributed by atoms with Crippen molar-refractivity contribution in [2.24, 2.45) is 22.2 Å². The van der Waals surface area contributed by atoms with Crippen LogP contribution in [0.25, 0.3) is 0 Å². The minimum Gasteiger partial charge on any atom is -0.504 e. The maximum absolute atomic E-state index is 13.1. The summed E-state index contributed by atoms with van der Waals surface area (Å²) in [7, 11) is 0. The van der Waals surface area contributed by atoms with Crippen LogP contribution < -0.4 is 32.6 Å². The number of phenolic OH excluding ortho intramolecular Hbond substituents is 1. The van der Waals surface area contributed by atoms with Gasteiger partial charge in [-0.2, -0.15) is 0 Å². The number of aliphatic imine (C=N–C) groups is 1. The fourth-order valence-electron chi connectivity index (χ4n) is 3.73. The highest BCUT2D eigenvalue weighted by Crippen LogP contribution is 2.32.